The zero-order valence-electron chi connectivity index (χ0n) is 17.0. The smallest absolute Gasteiger partial charge is 0.406 e. The van der Waals surface area contributed by atoms with Crippen molar-refractivity contribution in [3.63, 3.8) is 0 Å². The molecule has 2 heterocycles. The van der Waals surface area contributed by atoms with Crippen molar-refractivity contribution in [3.8, 4) is 5.75 Å². The monoisotopic (exact) mass is 469 g/mol. The number of imidazole rings is 1. The number of amides is 1. The summed E-state index contributed by atoms with van der Waals surface area (Å²) in [7, 11) is 2.85. The number of aromatic nitrogens is 4. The molecule has 0 fully saturated rings. The van der Waals surface area contributed by atoms with Crippen LogP contribution in [0.15, 0.2) is 51.7 Å². The summed E-state index contributed by atoms with van der Waals surface area (Å²) in [6, 6.07) is 4.71. The lowest BCUT2D eigenvalue weighted by Crippen LogP contribution is -2.37. The molecule has 32 heavy (non-hydrogen) atoms. The fourth-order valence-corrected chi connectivity index (χ4v) is 3.71. The van der Waals surface area contributed by atoms with Crippen molar-refractivity contribution < 1.29 is 22.7 Å². The lowest BCUT2D eigenvalue weighted by Gasteiger charge is -2.10. The highest BCUT2D eigenvalue weighted by Gasteiger charge is 2.31. The second-order valence-electron chi connectivity index (χ2n) is 6.58. The Hall–Kier alpha value is -3.48. The molecule has 0 atom stereocenters. The molecule has 0 saturated carbocycles. The van der Waals surface area contributed by atoms with Gasteiger partial charge in [0.25, 0.3) is 5.56 Å². The Morgan fingerprint density at radius 3 is 2.47 bits per heavy atom. The Bertz CT molecular complexity index is 1290. The van der Waals surface area contributed by atoms with E-state index in [4.69, 9.17) is 0 Å². The van der Waals surface area contributed by atoms with Crippen LogP contribution in [0.4, 0.5) is 18.9 Å². The van der Waals surface area contributed by atoms with Crippen LogP contribution < -0.4 is 21.3 Å². The van der Waals surface area contributed by atoms with Gasteiger partial charge in [0.2, 0.25) is 5.91 Å². The Morgan fingerprint density at radius 1 is 1.22 bits per heavy atom. The Balaban J connectivity index is 1.78. The number of aryl methyl sites for hydroxylation is 1. The summed E-state index contributed by atoms with van der Waals surface area (Å²) in [5.74, 6) is -0.955. The number of hydrogen-bond acceptors (Lipinski definition) is 6. The third kappa shape index (κ3) is 4.88. The van der Waals surface area contributed by atoms with E-state index in [1.54, 1.807) is 10.6 Å². The van der Waals surface area contributed by atoms with Gasteiger partial charge in [-0.25, -0.2) is 9.78 Å². The number of carbonyl (C=O) groups excluding carboxylic acids is 1. The maximum atomic E-state index is 12.6. The number of carbonyl (C=O) groups is 1. The van der Waals surface area contributed by atoms with E-state index in [2.05, 4.69) is 21.6 Å². The molecule has 0 saturated heterocycles. The van der Waals surface area contributed by atoms with Crippen molar-refractivity contribution in [2.45, 2.75) is 18.1 Å². The second-order valence-corrected chi connectivity index (χ2v) is 7.52. The zero-order chi connectivity index (χ0) is 23.6. The third-order valence-electron chi connectivity index (χ3n) is 4.33. The molecular formula is C19H18F3N5O4S. The molecule has 1 amide bonds. The average molecular weight is 469 g/mol. The number of anilines is 1. The van der Waals surface area contributed by atoms with Gasteiger partial charge in [-0.2, -0.15) is 0 Å². The Labute approximate surface area is 183 Å². The SMILES string of the molecule is C=CCn1c(SCC(=O)Nc2ccc(OC(F)(F)F)cc2)nc2c1c(=O)n(C)c(=O)n2C. The number of thioether (sulfide) groups is 1. The number of fused-ring (bicyclic) bond motifs is 1. The number of benzene rings is 1. The maximum Gasteiger partial charge on any atom is 0.573 e. The van der Waals surface area contributed by atoms with Crippen LogP contribution in [0.25, 0.3) is 11.2 Å². The molecule has 3 aromatic rings. The normalized spacial score (nSPS) is 11.5. The Kier molecular flexibility index (Phi) is 6.48. The minimum absolute atomic E-state index is 0.102. The number of ether oxygens (including phenoxy) is 1. The molecule has 1 N–H and O–H groups in total. The molecule has 0 radical (unpaired) electrons. The maximum absolute atomic E-state index is 12.6. The molecule has 0 aliphatic rings. The van der Waals surface area contributed by atoms with Crippen molar-refractivity contribution in [3.05, 3.63) is 57.8 Å². The second kappa shape index (κ2) is 8.94. The fourth-order valence-electron chi connectivity index (χ4n) is 2.90. The first-order valence-electron chi connectivity index (χ1n) is 9.07. The summed E-state index contributed by atoms with van der Waals surface area (Å²) < 4.78 is 44.2. The highest BCUT2D eigenvalue weighted by Crippen LogP contribution is 2.25. The van der Waals surface area contributed by atoms with E-state index in [-0.39, 0.29) is 29.1 Å². The number of rotatable bonds is 7. The summed E-state index contributed by atoms with van der Waals surface area (Å²) in [5, 5.41) is 2.89. The van der Waals surface area contributed by atoms with E-state index in [1.807, 2.05) is 0 Å². The molecule has 1 aromatic carbocycles. The molecule has 9 nitrogen and oxygen atoms in total. The molecule has 0 aliphatic carbocycles. The van der Waals surface area contributed by atoms with E-state index in [9.17, 15) is 27.6 Å². The third-order valence-corrected chi connectivity index (χ3v) is 5.31. The van der Waals surface area contributed by atoms with Crippen molar-refractivity contribution >= 4 is 34.5 Å². The van der Waals surface area contributed by atoms with Gasteiger partial charge in [-0.15, -0.1) is 19.8 Å². The quantitative estimate of drug-likeness (QED) is 0.421. The van der Waals surface area contributed by atoms with E-state index >= 15 is 0 Å². The fraction of sp³-hybridized carbons (Fsp3) is 0.263. The topological polar surface area (TPSA) is 100 Å². The first-order chi connectivity index (χ1) is 15.0. The minimum Gasteiger partial charge on any atom is -0.406 e. The van der Waals surface area contributed by atoms with E-state index in [1.165, 1.54) is 30.8 Å². The van der Waals surface area contributed by atoms with Gasteiger partial charge in [0.1, 0.15) is 5.75 Å². The van der Waals surface area contributed by atoms with Crippen molar-refractivity contribution in [2.75, 3.05) is 11.1 Å². The summed E-state index contributed by atoms with van der Waals surface area (Å²) in [6.07, 6.45) is -3.25. The number of halogens is 3. The lowest BCUT2D eigenvalue weighted by molar-refractivity contribution is -0.274. The predicted octanol–water partition coefficient (Wildman–Crippen LogP) is 2.25. The molecule has 2 aromatic heterocycles. The molecule has 0 aliphatic heterocycles. The number of nitrogens with one attached hydrogen (secondary N) is 1. The highest BCUT2D eigenvalue weighted by molar-refractivity contribution is 7.99. The Morgan fingerprint density at radius 2 is 1.88 bits per heavy atom. The van der Waals surface area contributed by atoms with Crippen molar-refractivity contribution in [1.29, 1.82) is 0 Å². The van der Waals surface area contributed by atoms with Gasteiger partial charge in [0.15, 0.2) is 16.3 Å². The van der Waals surface area contributed by atoms with Gasteiger partial charge < -0.3 is 14.6 Å². The average Bonchev–Trinajstić information content (AvgIpc) is 3.08. The molecular weight excluding hydrogens is 451 g/mol. The first-order valence-corrected chi connectivity index (χ1v) is 10.1. The van der Waals surface area contributed by atoms with Crippen LogP contribution in [-0.4, -0.2) is 36.7 Å². The van der Waals surface area contributed by atoms with E-state index < -0.39 is 29.3 Å². The van der Waals surface area contributed by atoms with Crippen LogP contribution in [-0.2, 0) is 25.4 Å². The number of nitrogens with zero attached hydrogens (tertiary/aromatic N) is 4. The molecule has 0 spiro atoms. The summed E-state index contributed by atoms with van der Waals surface area (Å²) in [4.78, 5) is 41.4. The van der Waals surface area contributed by atoms with Gasteiger partial charge in [-0.05, 0) is 24.3 Å². The van der Waals surface area contributed by atoms with Crippen molar-refractivity contribution in [1.82, 2.24) is 18.7 Å². The van der Waals surface area contributed by atoms with Gasteiger partial charge in [-0.3, -0.25) is 18.7 Å². The van der Waals surface area contributed by atoms with Gasteiger partial charge >= 0.3 is 12.1 Å². The largest absolute Gasteiger partial charge is 0.573 e. The first kappa shape index (κ1) is 23.2. The van der Waals surface area contributed by atoms with Crippen LogP contribution in [0.3, 0.4) is 0 Å². The highest BCUT2D eigenvalue weighted by atomic mass is 32.2. The van der Waals surface area contributed by atoms with Crippen LogP contribution in [0.1, 0.15) is 0 Å². The lowest BCUT2D eigenvalue weighted by atomic mass is 10.3. The van der Waals surface area contributed by atoms with Crippen LogP contribution in [0.5, 0.6) is 5.75 Å². The predicted molar refractivity (Wildman–Crippen MR) is 113 cm³/mol. The molecule has 13 heteroatoms. The van der Waals surface area contributed by atoms with Gasteiger partial charge in [0, 0.05) is 26.3 Å². The number of alkyl halides is 3. The standard InChI is InChI=1S/C19H18F3N5O4S/c1-4-9-27-14-15(25(2)18(30)26(3)16(14)29)24-17(27)32-10-13(28)23-11-5-7-12(8-6-11)31-19(20,21)22/h4-8H,1,9-10H2,2-3H3,(H,23,28). The molecule has 0 unspecified atom stereocenters. The van der Waals surface area contributed by atoms with E-state index in [0.717, 1.165) is 28.5 Å². The number of hydrogen-bond donors (Lipinski definition) is 1. The molecule has 3 rings (SSSR count). The van der Waals surface area contributed by atoms with Crippen LogP contribution in [0.2, 0.25) is 0 Å². The van der Waals surface area contributed by atoms with Crippen molar-refractivity contribution in [2.24, 2.45) is 14.1 Å². The molecule has 0 bridgehead atoms. The summed E-state index contributed by atoms with van der Waals surface area (Å²) in [6.45, 7) is 3.89. The number of allylic oxidation sites excluding steroid dienone is 1. The van der Waals surface area contributed by atoms with Gasteiger partial charge in [-0.1, -0.05) is 17.8 Å². The molecule has 170 valence electrons. The van der Waals surface area contributed by atoms with E-state index in [0.29, 0.717) is 5.16 Å². The summed E-state index contributed by atoms with van der Waals surface area (Å²) in [5.41, 5.74) is -0.380. The summed E-state index contributed by atoms with van der Waals surface area (Å²) >= 11 is 1.04. The minimum atomic E-state index is -4.80. The van der Waals surface area contributed by atoms with Crippen LogP contribution in [0, 0.1) is 0 Å². The zero-order valence-corrected chi connectivity index (χ0v) is 17.8. The van der Waals surface area contributed by atoms with Gasteiger partial charge in [0.05, 0.1) is 5.75 Å². The van der Waals surface area contributed by atoms with Crippen LogP contribution >= 0.6 is 11.8 Å².